The van der Waals surface area contributed by atoms with Crippen LogP contribution in [0.5, 0.6) is 0 Å². The molecule has 0 fully saturated rings. The average molecular weight is 302 g/mol. The Bertz CT molecular complexity index is 688. The Labute approximate surface area is 128 Å². The van der Waals surface area contributed by atoms with Gasteiger partial charge in [-0.05, 0) is 18.4 Å². The molecule has 0 aromatic carbocycles. The van der Waals surface area contributed by atoms with Gasteiger partial charge in [-0.15, -0.1) is 0 Å². The fraction of sp³-hybridized carbons (Fsp3) is 0.400. The Morgan fingerprint density at radius 1 is 1.52 bits per heavy atom. The lowest BCUT2D eigenvalue weighted by Crippen LogP contribution is -2.32. The number of hydrogen-bond donors (Lipinski definition) is 0. The third kappa shape index (κ3) is 2.86. The third-order valence-corrected chi connectivity index (χ3v) is 4.16. The molecular formula is C15H16ClN5. The molecule has 2 aromatic heterocycles. The summed E-state index contributed by atoms with van der Waals surface area (Å²) in [6.07, 6.45) is 7.59. The van der Waals surface area contributed by atoms with E-state index in [9.17, 15) is 0 Å². The number of fused-ring (bicyclic) bond motifs is 1. The van der Waals surface area contributed by atoms with Crippen molar-refractivity contribution in [1.29, 1.82) is 5.26 Å². The molecule has 1 aliphatic heterocycles. The number of hydrogen-bond acceptors (Lipinski definition) is 4. The van der Waals surface area contributed by atoms with E-state index in [0.717, 1.165) is 31.7 Å². The Balaban J connectivity index is 1.70. The summed E-state index contributed by atoms with van der Waals surface area (Å²) in [6, 6.07) is 3.71. The second-order valence-corrected chi connectivity index (χ2v) is 5.83. The van der Waals surface area contributed by atoms with Crippen LogP contribution in [0.15, 0.2) is 24.7 Å². The molecule has 6 heteroatoms. The first-order valence-corrected chi connectivity index (χ1v) is 7.32. The molecule has 5 nitrogen and oxygen atoms in total. The second kappa shape index (κ2) is 5.74. The molecule has 0 spiro atoms. The normalized spacial score (nSPS) is 17.1. The number of rotatable bonds is 3. The highest BCUT2D eigenvalue weighted by atomic mass is 35.5. The van der Waals surface area contributed by atoms with Crippen molar-refractivity contribution >= 4 is 17.4 Å². The maximum Gasteiger partial charge on any atom is 0.147 e. The van der Waals surface area contributed by atoms with Crippen LogP contribution in [0.25, 0.3) is 0 Å². The summed E-state index contributed by atoms with van der Waals surface area (Å²) >= 11 is 6.21. The Kier molecular flexibility index (Phi) is 3.80. The van der Waals surface area contributed by atoms with Crippen LogP contribution in [-0.2, 0) is 13.0 Å². The fourth-order valence-corrected chi connectivity index (χ4v) is 3.14. The van der Waals surface area contributed by atoms with E-state index in [1.165, 1.54) is 5.82 Å². The predicted octanol–water partition coefficient (Wildman–Crippen LogP) is 2.50. The Morgan fingerprint density at radius 2 is 2.38 bits per heavy atom. The summed E-state index contributed by atoms with van der Waals surface area (Å²) in [5.74, 6) is 2.45. The van der Waals surface area contributed by atoms with Crippen LogP contribution in [0, 0.1) is 17.2 Å². The van der Waals surface area contributed by atoms with Crippen molar-refractivity contribution < 1.29 is 0 Å². The van der Waals surface area contributed by atoms with Gasteiger partial charge in [0.05, 0.1) is 10.6 Å². The molecule has 0 unspecified atom stereocenters. The molecule has 0 N–H and O–H groups in total. The summed E-state index contributed by atoms with van der Waals surface area (Å²) in [6.45, 7) is 1.86. The van der Waals surface area contributed by atoms with Crippen molar-refractivity contribution in [1.82, 2.24) is 14.5 Å². The zero-order valence-electron chi connectivity index (χ0n) is 11.8. The lowest BCUT2D eigenvalue weighted by Gasteiger charge is -2.29. The van der Waals surface area contributed by atoms with Crippen molar-refractivity contribution in [3.63, 3.8) is 0 Å². The van der Waals surface area contributed by atoms with Crippen LogP contribution in [0.3, 0.4) is 0 Å². The zero-order chi connectivity index (χ0) is 14.8. The first kappa shape index (κ1) is 13.9. The molecule has 0 saturated carbocycles. The van der Waals surface area contributed by atoms with Gasteiger partial charge in [-0.2, -0.15) is 5.26 Å². The number of imidazole rings is 1. The van der Waals surface area contributed by atoms with E-state index in [4.69, 9.17) is 16.9 Å². The third-order valence-electron chi connectivity index (χ3n) is 3.88. The van der Waals surface area contributed by atoms with Crippen molar-refractivity contribution in [2.75, 3.05) is 18.5 Å². The van der Waals surface area contributed by atoms with Crippen LogP contribution in [0.1, 0.15) is 17.8 Å². The van der Waals surface area contributed by atoms with Gasteiger partial charge >= 0.3 is 0 Å². The average Bonchev–Trinajstić information content (AvgIpc) is 2.94. The highest BCUT2D eigenvalue weighted by molar-refractivity contribution is 6.33. The first-order valence-electron chi connectivity index (χ1n) is 6.94. The van der Waals surface area contributed by atoms with Crippen molar-refractivity contribution in [3.8, 4) is 6.07 Å². The van der Waals surface area contributed by atoms with E-state index in [1.54, 1.807) is 12.3 Å². The number of nitriles is 1. The number of aromatic nitrogens is 3. The monoisotopic (exact) mass is 301 g/mol. The molecule has 0 amide bonds. The van der Waals surface area contributed by atoms with Crippen molar-refractivity contribution in [2.45, 2.75) is 19.4 Å². The summed E-state index contributed by atoms with van der Waals surface area (Å²) in [7, 11) is 1.99. The maximum absolute atomic E-state index is 8.85. The Hall–Kier alpha value is -2.06. The predicted molar refractivity (Wildman–Crippen MR) is 81.3 cm³/mol. The van der Waals surface area contributed by atoms with E-state index in [1.807, 2.05) is 25.5 Å². The molecule has 0 bridgehead atoms. The topological polar surface area (TPSA) is 57.7 Å². The standard InChI is InChI=1S/C15H16ClN5/c1-20(15-13(16)6-12(7-17)8-19-15)9-11-2-3-14-18-4-5-21(14)10-11/h4-6,8,11H,2-3,9-10H2,1H3/t11-/m0/s1. The minimum absolute atomic E-state index is 0.484. The first-order chi connectivity index (χ1) is 10.2. The molecule has 108 valence electrons. The van der Waals surface area contributed by atoms with Crippen LogP contribution in [0.4, 0.5) is 5.82 Å². The number of anilines is 1. The van der Waals surface area contributed by atoms with Gasteiger partial charge in [0.2, 0.25) is 0 Å². The largest absolute Gasteiger partial charge is 0.358 e. The van der Waals surface area contributed by atoms with E-state index in [2.05, 4.69) is 19.4 Å². The number of pyridine rings is 1. The maximum atomic E-state index is 8.85. The van der Waals surface area contributed by atoms with Crippen LogP contribution < -0.4 is 4.90 Å². The van der Waals surface area contributed by atoms with Crippen LogP contribution in [-0.4, -0.2) is 28.1 Å². The fourth-order valence-electron chi connectivity index (χ4n) is 2.83. The zero-order valence-corrected chi connectivity index (χ0v) is 12.6. The summed E-state index contributed by atoms with van der Waals surface area (Å²) in [5.41, 5.74) is 0.484. The van der Waals surface area contributed by atoms with E-state index in [0.29, 0.717) is 16.5 Å². The van der Waals surface area contributed by atoms with Gasteiger partial charge in [-0.1, -0.05) is 11.6 Å². The van der Waals surface area contributed by atoms with Gasteiger partial charge in [0.15, 0.2) is 0 Å². The Morgan fingerprint density at radius 3 is 3.14 bits per heavy atom. The second-order valence-electron chi connectivity index (χ2n) is 5.42. The minimum atomic E-state index is 0.484. The molecule has 3 rings (SSSR count). The van der Waals surface area contributed by atoms with E-state index < -0.39 is 0 Å². The number of aryl methyl sites for hydroxylation is 1. The summed E-state index contributed by atoms with van der Waals surface area (Å²) < 4.78 is 2.22. The van der Waals surface area contributed by atoms with Crippen molar-refractivity contribution in [3.05, 3.63) is 41.1 Å². The van der Waals surface area contributed by atoms with Crippen LogP contribution in [0.2, 0.25) is 5.02 Å². The number of nitrogens with zero attached hydrogens (tertiary/aromatic N) is 5. The molecule has 21 heavy (non-hydrogen) atoms. The molecule has 1 atom stereocenters. The van der Waals surface area contributed by atoms with Crippen LogP contribution >= 0.6 is 11.6 Å². The smallest absolute Gasteiger partial charge is 0.147 e. The van der Waals surface area contributed by atoms with Gasteiger partial charge in [0.1, 0.15) is 17.7 Å². The molecule has 3 heterocycles. The summed E-state index contributed by atoms with van der Waals surface area (Å²) in [5, 5.41) is 9.38. The molecule has 0 aliphatic carbocycles. The van der Waals surface area contributed by atoms with Gasteiger partial charge in [-0.25, -0.2) is 9.97 Å². The van der Waals surface area contributed by atoms with E-state index in [-0.39, 0.29) is 0 Å². The van der Waals surface area contributed by atoms with E-state index >= 15 is 0 Å². The SMILES string of the molecule is CN(C[C@@H]1CCc2nccn2C1)c1ncc(C#N)cc1Cl. The summed E-state index contributed by atoms with van der Waals surface area (Å²) in [4.78, 5) is 10.7. The molecule has 0 radical (unpaired) electrons. The van der Waals surface area contributed by atoms with Gasteiger partial charge in [-0.3, -0.25) is 0 Å². The van der Waals surface area contributed by atoms with Crippen molar-refractivity contribution in [2.24, 2.45) is 5.92 Å². The highest BCUT2D eigenvalue weighted by Crippen LogP contribution is 2.26. The molecule has 1 aliphatic rings. The van der Waals surface area contributed by atoms with Gasteiger partial charge < -0.3 is 9.47 Å². The molecular weight excluding hydrogens is 286 g/mol. The quantitative estimate of drug-likeness (QED) is 0.874. The minimum Gasteiger partial charge on any atom is -0.358 e. The molecule has 2 aromatic rings. The van der Waals surface area contributed by atoms with Gasteiger partial charge in [0.25, 0.3) is 0 Å². The lowest BCUT2D eigenvalue weighted by atomic mass is 9.99. The van der Waals surface area contributed by atoms with Gasteiger partial charge in [0, 0.05) is 45.1 Å². The number of halogens is 1. The molecule has 0 saturated heterocycles. The lowest BCUT2D eigenvalue weighted by molar-refractivity contribution is 0.368. The highest BCUT2D eigenvalue weighted by Gasteiger charge is 2.21.